The van der Waals surface area contributed by atoms with Crippen molar-refractivity contribution in [2.45, 2.75) is 31.7 Å². The zero-order chi connectivity index (χ0) is 38.9. The van der Waals surface area contributed by atoms with Crippen molar-refractivity contribution in [3.8, 4) is 11.5 Å². The summed E-state index contributed by atoms with van der Waals surface area (Å²) in [4.78, 5) is 28.7. The third-order valence-corrected chi connectivity index (χ3v) is 9.42. The largest absolute Gasteiger partial charge is 0.492 e. The van der Waals surface area contributed by atoms with E-state index >= 15 is 0 Å². The lowest BCUT2D eigenvalue weighted by molar-refractivity contribution is -0.757. The van der Waals surface area contributed by atoms with Crippen LogP contribution in [0.25, 0.3) is 0 Å². The summed E-state index contributed by atoms with van der Waals surface area (Å²) in [6, 6.07) is 45.0. The molecule has 5 rings (SSSR count). The van der Waals surface area contributed by atoms with Crippen LogP contribution in [0.4, 0.5) is 0 Å². The fraction of sp³-hybridized carbons (Fsp3) is 0.286. The number of nitrogens with zero attached hydrogens (tertiary/aromatic N) is 2. The summed E-state index contributed by atoms with van der Waals surface area (Å²) in [6.45, 7) is 5.44. The lowest BCUT2D eigenvalue weighted by Gasteiger charge is -2.18. The Kier molecular flexibility index (Phi) is 18.9. The molecule has 0 aliphatic carbocycles. The summed E-state index contributed by atoms with van der Waals surface area (Å²) >= 11 is 1.94. The van der Waals surface area contributed by atoms with Crippen LogP contribution in [-0.4, -0.2) is 55.4 Å². The first-order valence-electron chi connectivity index (χ1n) is 18.0. The van der Waals surface area contributed by atoms with E-state index in [0.717, 1.165) is 42.9 Å². The van der Waals surface area contributed by atoms with Gasteiger partial charge in [-0.1, -0.05) is 121 Å². The van der Waals surface area contributed by atoms with Crippen LogP contribution in [0.15, 0.2) is 133 Å². The van der Waals surface area contributed by atoms with Crippen molar-refractivity contribution in [1.29, 1.82) is 0 Å². The number of rotatable bonds is 23. The highest BCUT2D eigenvalue weighted by molar-refractivity contribution is 7.99. The number of para-hydroxylation sites is 1. The van der Waals surface area contributed by atoms with Gasteiger partial charge in [0.1, 0.15) is 37.9 Å². The topological polar surface area (TPSA) is 147 Å². The number of nitrogens with one attached hydrogen (secondary N) is 2. The maximum atomic E-state index is 10.1. The molecule has 2 N–H and O–H groups in total. The second-order valence-electron chi connectivity index (χ2n) is 12.2. The van der Waals surface area contributed by atoms with Crippen LogP contribution in [0.3, 0.4) is 0 Å². The molecule has 0 saturated carbocycles. The zero-order valence-electron chi connectivity index (χ0n) is 30.9. The molecule has 13 heteroatoms. The number of hydrogen-bond acceptors (Lipinski definition) is 11. The van der Waals surface area contributed by atoms with Crippen LogP contribution < -0.4 is 20.1 Å². The van der Waals surface area contributed by atoms with Crippen LogP contribution in [0, 0.1) is 27.2 Å². The van der Waals surface area contributed by atoms with Crippen molar-refractivity contribution in [3.63, 3.8) is 0 Å². The molecular weight excluding hydrogens is 721 g/mol. The smallest absolute Gasteiger partial charge is 0.294 e. The van der Waals surface area contributed by atoms with E-state index in [2.05, 4.69) is 94.0 Å². The Bertz CT molecular complexity index is 1820. The Morgan fingerprint density at radius 1 is 0.600 bits per heavy atom. The second-order valence-corrected chi connectivity index (χ2v) is 13.4. The van der Waals surface area contributed by atoms with Gasteiger partial charge in [-0.05, 0) is 60.3 Å². The molecule has 0 bridgehead atoms. The Balaban J connectivity index is 0.000000258. The van der Waals surface area contributed by atoms with Gasteiger partial charge in [-0.3, -0.25) is 0 Å². The predicted molar refractivity (Wildman–Crippen MR) is 215 cm³/mol. The van der Waals surface area contributed by atoms with E-state index < -0.39 is 10.2 Å². The van der Waals surface area contributed by atoms with Gasteiger partial charge >= 0.3 is 0 Å². The average Bonchev–Trinajstić information content (AvgIpc) is 3.20. The summed E-state index contributed by atoms with van der Waals surface area (Å²) in [5, 5.41) is 25.8. The summed E-state index contributed by atoms with van der Waals surface area (Å²) in [6.07, 6.45) is 0.959. The van der Waals surface area contributed by atoms with Crippen molar-refractivity contribution >= 4 is 11.8 Å². The van der Waals surface area contributed by atoms with Crippen LogP contribution >= 0.6 is 11.8 Å². The summed E-state index contributed by atoms with van der Waals surface area (Å²) in [5.74, 6) is 2.37. The van der Waals surface area contributed by atoms with Gasteiger partial charge in [0, 0.05) is 31.0 Å². The first-order valence-corrected chi connectivity index (χ1v) is 19.1. The maximum Gasteiger partial charge on any atom is 0.294 e. The van der Waals surface area contributed by atoms with Crippen molar-refractivity contribution in [2.75, 3.05) is 45.3 Å². The molecule has 0 radical (unpaired) electrons. The first kappa shape index (κ1) is 42.1. The van der Waals surface area contributed by atoms with Crippen LogP contribution in [0.5, 0.6) is 11.5 Å². The van der Waals surface area contributed by atoms with Crippen LogP contribution in [0.1, 0.15) is 38.6 Å². The molecule has 0 aliphatic rings. The number of aryl methyl sites for hydroxylation is 1. The number of thioether (sulfide) groups is 1. The Morgan fingerprint density at radius 3 is 1.85 bits per heavy atom. The lowest BCUT2D eigenvalue weighted by atomic mass is 10.0. The van der Waals surface area contributed by atoms with Gasteiger partial charge in [-0.25, -0.2) is 0 Å². The number of ether oxygens (including phenoxy) is 2. The fourth-order valence-corrected chi connectivity index (χ4v) is 6.56. The molecule has 0 aliphatic heterocycles. The molecule has 290 valence electrons. The normalized spacial score (nSPS) is 11.1. The summed E-state index contributed by atoms with van der Waals surface area (Å²) in [7, 11) is 0. The van der Waals surface area contributed by atoms with Gasteiger partial charge in [-0.2, -0.15) is 0 Å². The van der Waals surface area contributed by atoms with Gasteiger partial charge in [0.2, 0.25) is 0 Å². The molecule has 5 aromatic rings. The minimum Gasteiger partial charge on any atom is -0.492 e. The molecule has 0 heterocycles. The molecule has 1 atom stereocenters. The van der Waals surface area contributed by atoms with Crippen LogP contribution in [-0.2, 0) is 29.2 Å². The second kappa shape index (κ2) is 24.6. The minimum absolute atomic E-state index is 0.0806. The molecule has 12 nitrogen and oxygen atoms in total. The Morgan fingerprint density at radius 2 is 1.18 bits per heavy atom. The van der Waals surface area contributed by atoms with E-state index in [1.807, 2.05) is 78.5 Å². The average molecular weight is 769 g/mol. The molecular formula is C42H48N4O8S. The molecule has 5 aromatic carbocycles. The SMILES string of the molecule is Cc1ccc(C(SCCNCc2ccc(OCCO[N+](=O)[O-])cc2)c2ccccc2)cc1.O=[N+]([O-])OCCOc1ccccc1CNCCc1ccccc1. The van der Waals surface area contributed by atoms with Crippen molar-refractivity contribution < 1.29 is 29.3 Å². The van der Waals surface area contributed by atoms with Gasteiger partial charge in [0.05, 0.1) is 5.25 Å². The van der Waals surface area contributed by atoms with E-state index in [9.17, 15) is 20.2 Å². The molecule has 0 aromatic heterocycles. The van der Waals surface area contributed by atoms with E-state index in [4.69, 9.17) is 9.47 Å². The van der Waals surface area contributed by atoms with Crippen molar-refractivity contribution in [2.24, 2.45) is 0 Å². The molecule has 55 heavy (non-hydrogen) atoms. The van der Waals surface area contributed by atoms with Gasteiger partial charge in [-0.15, -0.1) is 32.0 Å². The summed E-state index contributed by atoms with van der Waals surface area (Å²) < 4.78 is 11.0. The van der Waals surface area contributed by atoms with Gasteiger partial charge in [0.15, 0.2) is 0 Å². The highest BCUT2D eigenvalue weighted by Crippen LogP contribution is 2.35. The standard InChI is InChI=1S/C25H28N2O4S.C17H20N2O4/c1-20-7-11-23(12-8-20)25(22-5-3-2-4-6-22)32-18-15-26-19-21-9-13-24(14-10-21)30-16-17-31-27(28)29;20-19(21)23-13-12-22-17-9-5-4-8-16(17)14-18-11-10-15-6-2-1-3-7-15/h2-14,25-26H,15-19H2,1H3;1-9,18H,10-14H2. The van der Waals surface area contributed by atoms with E-state index in [-0.39, 0.29) is 26.4 Å². The Labute approximate surface area is 326 Å². The highest BCUT2D eigenvalue weighted by atomic mass is 32.2. The molecule has 0 fully saturated rings. The highest BCUT2D eigenvalue weighted by Gasteiger charge is 2.14. The quantitative estimate of drug-likeness (QED) is 0.0381. The van der Waals surface area contributed by atoms with E-state index in [1.165, 1.54) is 22.3 Å². The molecule has 1 unspecified atom stereocenters. The summed E-state index contributed by atoms with van der Waals surface area (Å²) in [5.41, 5.74) is 7.38. The van der Waals surface area contributed by atoms with Crippen molar-refractivity contribution in [3.05, 3.63) is 187 Å². The van der Waals surface area contributed by atoms with Crippen molar-refractivity contribution in [1.82, 2.24) is 10.6 Å². The first-order chi connectivity index (χ1) is 26.9. The lowest BCUT2D eigenvalue weighted by Crippen LogP contribution is -2.18. The third-order valence-electron chi connectivity index (χ3n) is 8.11. The van der Waals surface area contributed by atoms with Gasteiger partial charge in [0.25, 0.3) is 10.2 Å². The predicted octanol–water partition coefficient (Wildman–Crippen LogP) is 7.80. The molecule has 0 spiro atoms. The molecule has 0 saturated heterocycles. The Hall–Kier alpha value is -5.63. The van der Waals surface area contributed by atoms with E-state index in [1.54, 1.807) is 0 Å². The third kappa shape index (κ3) is 16.9. The monoisotopic (exact) mass is 768 g/mol. The van der Waals surface area contributed by atoms with E-state index in [0.29, 0.717) is 23.3 Å². The zero-order valence-corrected chi connectivity index (χ0v) is 31.7. The van der Waals surface area contributed by atoms with Crippen LogP contribution in [0.2, 0.25) is 0 Å². The maximum absolute atomic E-state index is 10.1. The number of benzene rings is 5. The fourth-order valence-electron chi connectivity index (χ4n) is 5.37. The molecule has 0 amide bonds. The van der Waals surface area contributed by atoms with Gasteiger partial charge < -0.3 is 29.8 Å². The number of hydrogen-bond donors (Lipinski definition) is 2. The minimum atomic E-state index is -0.820.